The quantitative estimate of drug-likeness (QED) is 0.302. The number of ether oxygens (including phenoxy) is 2. The Balaban J connectivity index is 0.00000512. The molecule has 3 atom stereocenters. The van der Waals surface area contributed by atoms with Crippen molar-refractivity contribution in [1.82, 2.24) is 15.5 Å². The molecule has 2 rings (SSSR count). The first-order valence-electron chi connectivity index (χ1n) is 9.51. The number of alkyl halides is 2. The van der Waals surface area contributed by atoms with Gasteiger partial charge in [-0.25, -0.2) is 0 Å². The maximum absolute atomic E-state index is 12.3. The minimum absolute atomic E-state index is 0. The Hall–Kier alpha value is -2.23. The van der Waals surface area contributed by atoms with E-state index in [1.165, 1.54) is 19.1 Å². The first-order valence-corrected chi connectivity index (χ1v) is 9.51. The van der Waals surface area contributed by atoms with E-state index >= 15 is 0 Å². The zero-order chi connectivity index (χ0) is 23.0. The van der Waals surface area contributed by atoms with Gasteiger partial charge in [0.15, 0.2) is 0 Å². The van der Waals surface area contributed by atoms with E-state index < -0.39 is 42.6 Å². The van der Waals surface area contributed by atoms with Gasteiger partial charge >= 0.3 is 25.5 Å². The molecule has 1 saturated heterocycles. The van der Waals surface area contributed by atoms with Gasteiger partial charge in [-0.3, -0.25) is 14.5 Å². The average Bonchev–Trinajstić information content (AvgIpc) is 2.71. The molecule has 0 spiro atoms. The molecule has 32 heavy (non-hydrogen) atoms. The number of carbonyl (C=O) groups excluding carboxylic acids is 3. The summed E-state index contributed by atoms with van der Waals surface area (Å²) in [4.78, 5) is 37.7. The fourth-order valence-corrected chi connectivity index (χ4v) is 2.90. The van der Waals surface area contributed by atoms with Crippen molar-refractivity contribution >= 4 is 17.8 Å². The molecular formula is C19H24F2LiN3O7. The third-order valence-electron chi connectivity index (χ3n) is 4.56. The summed E-state index contributed by atoms with van der Waals surface area (Å²) in [6.07, 6.45) is -1.73. The molecule has 172 valence electrons. The summed E-state index contributed by atoms with van der Waals surface area (Å²) in [5.74, 6) is -3.22. The number of benzene rings is 1. The molecule has 1 aliphatic heterocycles. The third kappa shape index (κ3) is 8.72. The average molecular weight is 451 g/mol. The van der Waals surface area contributed by atoms with Crippen LogP contribution < -0.4 is 39.3 Å². The number of aliphatic hydroxyl groups excluding tert-OH is 1. The first-order chi connectivity index (χ1) is 14.7. The second kappa shape index (κ2) is 13.3. The van der Waals surface area contributed by atoms with Crippen molar-refractivity contribution < 1.29 is 61.7 Å². The summed E-state index contributed by atoms with van der Waals surface area (Å²) in [5, 5.41) is 26.4. The fraction of sp³-hybridized carbons (Fsp3) is 0.526. The zero-order valence-corrected chi connectivity index (χ0v) is 17.8. The van der Waals surface area contributed by atoms with Crippen LogP contribution in [0.4, 0.5) is 8.78 Å². The largest absolute Gasteiger partial charge is 1.00 e. The van der Waals surface area contributed by atoms with Crippen LogP contribution in [0.25, 0.3) is 0 Å². The second-order valence-corrected chi connectivity index (χ2v) is 6.88. The molecule has 0 saturated carbocycles. The van der Waals surface area contributed by atoms with E-state index in [9.17, 15) is 33.4 Å². The monoisotopic (exact) mass is 451 g/mol. The van der Waals surface area contributed by atoms with Crippen LogP contribution >= 0.6 is 0 Å². The minimum Gasteiger partial charge on any atom is -0.548 e. The zero-order valence-electron chi connectivity index (χ0n) is 17.8. The van der Waals surface area contributed by atoms with Crippen molar-refractivity contribution in [2.24, 2.45) is 0 Å². The number of halogens is 2. The number of carbonyl (C=O) groups is 3. The molecule has 0 bridgehead atoms. The van der Waals surface area contributed by atoms with Gasteiger partial charge in [-0.2, -0.15) is 8.78 Å². The van der Waals surface area contributed by atoms with Crippen LogP contribution in [0.2, 0.25) is 0 Å². The van der Waals surface area contributed by atoms with E-state index in [0.29, 0.717) is 26.3 Å². The van der Waals surface area contributed by atoms with Crippen LogP contribution in [-0.4, -0.2) is 79.3 Å². The Morgan fingerprint density at radius 1 is 1.19 bits per heavy atom. The molecule has 1 heterocycles. The number of carboxylic acid groups (broad SMARTS) is 1. The third-order valence-corrected chi connectivity index (χ3v) is 4.56. The van der Waals surface area contributed by atoms with E-state index in [2.05, 4.69) is 15.4 Å². The van der Waals surface area contributed by atoms with Crippen LogP contribution in [0.3, 0.4) is 0 Å². The van der Waals surface area contributed by atoms with Crippen LogP contribution in [0, 0.1) is 0 Å². The molecule has 13 heteroatoms. The predicted octanol–water partition coefficient (Wildman–Crippen LogP) is -4.60. The summed E-state index contributed by atoms with van der Waals surface area (Å²) in [6, 6.07) is 1.67. The number of nitrogens with one attached hydrogen (secondary N) is 2. The molecule has 0 aromatic heterocycles. The van der Waals surface area contributed by atoms with Gasteiger partial charge < -0.3 is 35.1 Å². The van der Waals surface area contributed by atoms with E-state index in [0.717, 1.165) is 12.1 Å². The first kappa shape index (κ1) is 27.8. The van der Waals surface area contributed by atoms with E-state index in [4.69, 9.17) is 4.74 Å². The maximum atomic E-state index is 12.3. The molecule has 1 fully saturated rings. The van der Waals surface area contributed by atoms with Crippen molar-refractivity contribution in [3.05, 3.63) is 29.8 Å². The minimum atomic E-state index is -3.04. The summed E-state index contributed by atoms with van der Waals surface area (Å²) >= 11 is 0. The van der Waals surface area contributed by atoms with E-state index in [-0.39, 0.29) is 36.7 Å². The van der Waals surface area contributed by atoms with Gasteiger partial charge in [-0.15, -0.1) is 0 Å². The number of hydrogen-bond donors (Lipinski definition) is 3. The molecule has 0 unspecified atom stereocenters. The van der Waals surface area contributed by atoms with Gasteiger partial charge in [-0.1, -0.05) is 12.1 Å². The molecular weight excluding hydrogens is 427 g/mol. The van der Waals surface area contributed by atoms with Crippen molar-refractivity contribution in [3.8, 4) is 5.75 Å². The molecule has 10 nitrogen and oxygen atoms in total. The van der Waals surface area contributed by atoms with Crippen molar-refractivity contribution in [2.75, 3.05) is 32.8 Å². The number of amides is 2. The molecule has 3 N–H and O–H groups in total. The van der Waals surface area contributed by atoms with Crippen LogP contribution in [0.5, 0.6) is 5.75 Å². The van der Waals surface area contributed by atoms with Crippen LogP contribution in [0.15, 0.2) is 24.3 Å². The predicted molar refractivity (Wildman–Crippen MR) is 99.8 cm³/mol. The normalized spacial score (nSPS) is 16.9. The summed E-state index contributed by atoms with van der Waals surface area (Å²) < 4.78 is 33.8. The van der Waals surface area contributed by atoms with E-state index in [1.54, 1.807) is 0 Å². The van der Waals surface area contributed by atoms with Crippen molar-refractivity contribution in [2.45, 2.75) is 31.7 Å². The van der Waals surface area contributed by atoms with Gasteiger partial charge in [0, 0.05) is 13.1 Å². The molecule has 1 aromatic rings. The van der Waals surface area contributed by atoms with Gasteiger partial charge in [-0.05, 0) is 24.6 Å². The smallest absolute Gasteiger partial charge is 0.548 e. The standard InChI is InChI=1S/C19H25F2N3O7.Li/c1-11(22-14(25)10-24-6-8-30-9-7-24)17(27)23-15(18(28)29)16(26)12-2-4-13(5-3-12)31-19(20)21;/h2-5,11,15-16,19,26H,6-10H2,1H3,(H,22,25)(H,23,27)(H,28,29);/q;+1/p-1/t11-,15-,16+;/m0./s1. The molecule has 2 amide bonds. The summed E-state index contributed by atoms with van der Waals surface area (Å²) in [7, 11) is 0. The Morgan fingerprint density at radius 3 is 2.31 bits per heavy atom. The van der Waals surface area contributed by atoms with Crippen molar-refractivity contribution in [1.29, 1.82) is 0 Å². The SMILES string of the molecule is C[C@H](NC(=O)CN1CCOCC1)C(=O)N[C@H](C(=O)[O-])[C@H](O)c1ccc(OC(F)F)cc1.[Li+]. The number of carboxylic acids is 1. The van der Waals surface area contributed by atoms with Crippen LogP contribution in [0.1, 0.15) is 18.6 Å². The van der Waals surface area contributed by atoms with Gasteiger partial charge in [0.1, 0.15) is 17.9 Å². The summed E-state index contributed by atoms with van der Waals surface area (Å²) in [5.41, 5.74) is 0.0279. The summed E-state index contributed by atoms with van der Waals surface area (Å²) in [6.45, 7) is 0.545. The molecule has 1 aromatic carbocycles. The molecule has 0 aliphatic carbocycles. The fourth-order valence-electron chi connectivity index (χ4n) is 2.90. The number of aliphatic carboxylic acids is 1. The number of aliphatic hydroxyl groups is 1. The van der Waals surface area contributed by atoms with Crippen molar-refractivity contribution in [3.63, 3.8) is 0 Å². The number of hydrogen-bond acceptors (Lipinski definition) is 8. The topological polar surface area (TPSA) is 140 Å². The van der Waals surface area contributed by atoms with E-state index in [1.807, 2.05) is 4.90 Å². The molecule has 0 radical (unpaired) electrons. The Bertz CT molecular complexity index is 764. The Labute approximate surface area is 195 Å². The van der Waals surface area contributed by atoms with Gasteiger partial charge in [0.2, 0.25) is 11.8 Å². The number of rotatable bonds is 10. The van der Waals surface area contributed by atoms with Crippen LogP contribution in [-0.2, 0) is 19.1 Å². The second-order valence-electron chi connectivity index (χ2n) is 6.88. The number of nitrogens with zero attached hydrogens (tertiary/aromatic N) is 1. The number of morpholine rings is 1. The Kier molecular flexibility index (Phi) is 11.6. The van der Waals surface area contributed by atoms with Gasteiger partial charge in [0.05, 0.1) is 31.8 Å². The molecule has 1 aliphatic rings. The van der Waals surface area contributed by atoms with Gasteiger partial charge in [0.25, 0.3) is 0 Å². The Morgan fingerprint density at radius 2 is 1.78 bits per heavy atom. The maximum Gasteiger partial charge on any atom is 1.00 e.